The number of amides is 1. The molecule has 1 amide bonds. The Morgan fingerprint density at radius 1 is 0.474 bits per heavy atom. The lowest BCUT2D eigenvalue weighted by Gasteiger charge is -2.20. The van der Waals surface area contributed by atoms with Gasteiger partial charge in [-0.25, -0.2) is 0 Å². The maximum Gasteiger partial charge on any atom is 0.305 e. The lowest BCUT2D eigenvalue weighted by molar-refractivity contribution is -0.143. The lowest BCUT2D eigenvalue weighted by atomic mass is 10.0. The van der Waals surface area contributed by atoms with Gasteiger partial charge in [0.15, 0.2) is 0 Å². The van der Waals surface area contributed by atoms with Gasteiger partial charge in [0.1, 0.15) is 0 Å². The van der Waals surface area contributed by atoms with E-state index >= 15 is 0 Å². The van der Waals surface area contributed by atoms with Gasteiger partial charge >= 0.3 is 5.97 Å². The standard InChI is InChI=1S/C51H95NO5/c1-3-5-7-9-11-13-15-17-18-19-20-23-27-31-35-39-43-49(54)48(47-53)52-50(55)44-40-36-32-28-24-21-22-26-30-34-38-42-46-57-51(56)45-41-37-33-29-25-16-14-12-10-8-6-4-2/h12,14,22,26,39,43,48-49,53-54H,3-11,13,15-21,23-25,27-38,40-42,44-47H2,1-2H3,(H,52,55)/b14-12-,26-22-,43-39+. The Balaban J connectivity index is 3.57. The Morgan fingerprint density at radius 2 is 0.825 bits per heavy atom. The van der Waals surface area contributed by atoms with Crippen molar-refractivity contribution in [3.05, 3.63) is 36.5 Å². The topological polar surface area (TPSA) is 95.9 Å². The second-order valence-electron chi connectivity index (χ2n) is 16.8. The van der Waals surface area contributed by atoms with Crippen LogP contribution in [0.1, 0.15) is 251 Å². The van der Waals surface area contributed by atoms with Gasteiger partial charge in [0.25, 0.3) is 0 Å². The third kappa shape index (κ3) is 43.5. The highest BCUT2D eigenvalue weighted by Gasteiger charge is 2.18. The molecule has 0 aliphatic heterocycles. The van der Waals surface area contributed by atoms with Crippen molar-refractivity contribution in [1.29, 1.82) is 0 Å². The minimum absolute atomic E-state index is 0.0351. The lowest BCUT2D eigenvalue weighted by Crippen LogP contribution is -2.45. The first-order chi connectivity index (χ1) is 28.0. The van der Waals surface area contributed by atoms with E-state index in [2.05, 4.69) is 43.5 Å². The zero-order valence-electron chi connectivity index (χ0n) is 37.8. The molecule has 6 heteroatoms. The first-order valence-corrected chi connectivity index (χ1v) is 24.8. The summed E-state index contributed by atoms with van der Waals surface area (Å²) in [4.78, 5) is 24.4. The number of carbonyl (C=O) groups excluding carboxylic acids is 2. The molecule has 0 rings (SSSR count). The molecule has 0 aromatic rings. The fraction of sp³-hybridized carbons (Fsp3) is 0.843. The number of unbranched alkanes of at least 4 members (excludes halogenated alkanes) is 30. The van der Waals surface area contributed by atoms with E-state index < -0.39 is 12.1 Å². The molecule has 0 fully saturated rings. The molecule has 0 aliphatic carbocycles. The number of aliphatic hydroxyl groups excluding tert-OH is 2. The number of hydrogen-bond acceptors (Lipinski definition) is 5. The number of rotatable bonds is 45. The molecule has 334 valence electrons. The van der Waals surface area contributed by atoms with Gasteiger partial charge in [0, 0.05) is 12.8 Å². The molecule has 0 radical (unpaired) electrons. The monoisotopic (exact) mass is 802 g/mol. The number of ether oxygens (including phenoxy) is 1. The van der Waals surface area contributed by atoms with Crippen LogP contribution in [-0.4, -0.2) is 47.4 Å². The number of esters is 1. The summed E-state index contributed by atoms with van der Waals surface area (Å²) in [5, 5.41) is 23.0. The van der Waals surface area contributed by atoms with E-state index in [1.807, 2.05) is 6.08 Å². The van der Waals surface area contributed by atoms with E-state index in [9.17, 15) is 19.8 Å². The molecule has 0 aromatic carbocycles. The van der Waals surface area contributed by atoms with E-state index in [0.29, 0.717) is 19.4 Å². The van der Waals surface area contributed by atoms with Gasteiger partial charge in [0.2, 0.25) is 5.91 Å². The van der Waals surface area contributed by atoms with Crippen LogP contribution >= 0.6 is 0 Å². The minimum Gasteiger partial charge on any atom is -0.466 e. The van der Waals surface area contributed by atoms with Crippen LogP contribution in [0.3, 0.4) is 0 Å². The maximum absolute atomic E-state index is 12.4. The number of hydrogen-bond donors (Lipinski definition) is 3. The molecule has 0 aromatic heterocycles. The molecule has 57 heavy (non-hydrogen) atoms. The van der Waals surface area contributed by atoms with Gasteiger partial charge in [-0.1, -0.05) is 185 Å². The summed E-state index contributed by atoms with van der Waals surface area (Å²) in [5.74, 6) is -0.130. The second kappa shape index (κ2) is 46.8. The maximum atomic E-state index is 12.4. The average molecular weight is 802 g/mol. The largest absolute Gasteiger partial charge is 0.466 e. The van der Waals surface area contributed by atoms with Crippen molar-refractivity contribution >= 4 is 11.9 Å². The molecule has 0 saturated heterocycles. The SMILES string of the molecule is CCCCC/C=C\CCCCCCCC(=O)OCCCCC/C=C\CCCCCCCC(=O)NC(CO)C(O)/C=C/CCCCCCCCCCCCCCCC. The van der Waals surface area contributed by atoms with E-state index in [-0.39, 0.29) is 18.5 Å². The molecule has 0 spiro atoms. The highest BCUT2D eigenvalue weighted by molar-refractivity contribution is 5.76. The first-order valence-electron chi connectivity index (χ1n) is 24.8. The molecule has 0 aliphatic rings. The smallest absolute Gasteiger partial charge is 0.305 e. The molecule has 2 atom stereocenters. The van der Waals surface area contributed by atoms with Crippen LogP contribution in [0, 0.1) is 0 Å². The highest BCUT2D eigenvalue weighted by atomic mass is 16.5. The van der Waals surface area contributed by atoms with Crippen LogP contribution in [0.25, 0.3) is 0 Å². The van der Waals surface area contributed by atoms with Crippen LogP contribution in [-0.2, 0) is 14.3 Å². The average Bonchev–Trinajstić information content (AvgIpc) is 3.21. The van der Waals surface area contributed by atoms with Gasteiger partial charge < -0.3 is 20.3 Å². The van der Waals surface area contributed by atoms with Crippen molar-refractivity contribution in [2.24, 2.45) is 0 Å². The van der Waals surface area contributed by atoms with Gasteiger partial charge in [-0.2, -0.15) is 0 Å². The van der Waals surface area contributed by atoms with Crippen molar-refractivity contribution in [2.75, 3.05) is 13.2 Å². The van der Waals surface area contributed by atoms with Crippen LogP contribution < -0.4 is 5.32 Å². The molecule has 2 unspecified atom stereocenters. The van der Waals surface area contributed by atoms with Crippen molar-refractivity contribution in [3.8, 4) is 0 Å². The Morgan fingerprint density at radius 3 is 1.28 bits per heavy atom. The fourth-order valence-electron chi connectivity index (χ4n) is 7.27. The Hall–Kier alpha value is -1.92. The summed E-state index contributed by atoms with van der Waals surface area (Å²) in [6, 6.07) is -0.647. The number of aliphatic hydroxyl groups is 2. The quantitative estimate of drug-likeness (QED) is 0.0324. The van der Waals surface area contributed by atoms with Gasteiger partial charge in [-0.15, -0.1) is 0 Å². The van der Waals surface area contributed by atoms with Crippen molar-refractivity contribution in [3.63, 3.8) is 0 Å². The minimum atomic E-state index is -0.860. The number of nitrogens with one attached hydrogen (secondary N) is 1. The molecule has 0 saturated carbocycles. The fourth-order valence-corrected chi connectivity index (χ4v) is 7.27. The third-order valence-corrected chi connectivity index (χ3v) is 11.1. The van der Waals surface area contributed by atoms with Crippen molar-refractivity contribution in [2.45, 2.75) is 264 Å². The number of allylic oxidation sites excluding steroid dienone is 5. The third-order valence-electron chi connectivity index (χ3n) is 11.1. The van der Waals surface area contributed by atoms with Crippen LogP contribution in [0.4, 0.5) is 0 Å². The summed E-state index contributed by atoms with van der Waals surface area (Å²) in [7, 11) is 0. The van der Waals surface area contributed by atoms with Crippen LogP contribution in [0.2, 0.25) is 0 Å². The second-order valence-corrected chi connectivity index (χ2v) is 16.8. The summed E-state index contributed by atoms with van der Waals surface area (Å²) in [5.41, 5.74) is 0. The van der Waals surface area contributed by atoms with E-state index in [0.717, 1.165) is 83.5 Å². The zero-order valence-corrected chi connectivity index (χ0v) is 37.8. The molecule has 0 heterocycles. The Kier molecular flexibility index (Phi) is 45.2. The molecule has 6 nitrogen and oxygen atoms in total. The number of carbonyl (C=O) groups is 2. The van der Waals surface area contributed by atoms with E-state index in [1.54, 1.807) is 6.08 Å². The zero-order chi connectivity index (χ0) is 41.5. The summed E-state index contributed by atoms with van der Waals surface area (Å²) in [6.45, 7) is 4.81. The van der Waals surface area contributed by atoms with Gasteiger partial charge in [-0.05, 0) is 89.9 Å². The van der Waals surface area contributed by atoms with E-state index in [4.69, 9.17) is 4.74 Å². The first kappa shape index (κ1) is 55.1. The summed E-state index contributed by atoms with van der Waals surface area (Å²) < 4.78 is 5.42. The Labute approximate surface area is 353 Å². The van der Waals surface area contributed by atoms with Crippen molar-refractivity contribution in [1.82, 2.24) is 5.32 Å². The molecule has 3 N–H and O–H groups in total. The summed E-state index contributed by atoms with van der Waals surface area (Å²) >= 11 is 0. The predicted octanol–water partition coefficient (Wildman–Crippen LogP) is 14.5. The van der Waals surface area contributed by atoms with Crippen LogP contribution in [0.15, 0.2) is 36.5 Å². The highest BCUT2D eigenvalue weighted by Crippen LogP contribution is 2.15. The van der Waals surface area contributed by atoms with Crippen LogP contribution in [0.5, 0.6) is 0 Å². The van der Waals surface area contributed by atoms with Gasteiger partial charge in [0.05, 0.1) is 25.4 Å². The van der Waals surface area contributed by atoms with Gasteiger partial charge in [-0.3, -0.25) is 9.59 Å². The normalized spacial score (nSPS) is 13.0. The Bertz CT molecular complexity index is 931. The van der Waals surface area contributed by atoms with E-state index in [1.165, 1.54) is 141 Å². The molecular formula is C51H95NO5. The summed E-state index contributed by atoms with van der Waals surface area (Å²) in [6.07, 6.45) is 55.6. The van der Waals surface area contributed by atoms with Crippen molar-refractivity contribution < 1.29 is 24.5 Å². The molecule has 0 bridgehead atoms. The predicted molar refractivity (Wildman–Crippen MR) is 246 cm³/mol. The molecular weight excluding hydrogens is 707 g/mol.